The minimum absolute atomic E-state index is 0.232. The van der Waals surface area contributed by atoms with E-state index in [1.165, 1.54) is 44.5 Å². The minimum atomic E-state index is -0.360. The number of fused-ring (bicyclic) bond motifs is 13. The number of hydrogen-bond acceptors (Lipinski definition) is 3. The maximum Gasteiger partial charge on any atom is 0.178 e. The number of ether oxygens (including phenoxy) is 2. The lowest BCUT2D eigenvalue weighted by Crippen LogP contribution is -2.32. The summed E-state index contributed by atoms with van der Waals surface area (Å²) < 4.78 is 14.1. The van der Waals surface area contributed by atoms with Crippen LogP contribution in [0.25, 0.3) is 44.5 Å². The predicted molar refractivity (Wildman–Crippen MR) is 260 cm³/mol. The van der Waals surface area contributed by atoms with Crippen LogP contribution in [0.15, 0.2) is 237 Å². The molecule has 3 atom stereocenters. The van der Waals surface area contributed by atoms with Gasteiger partial charge < -0.3 is 14.4 Å². The molecule has 3 unspecified atom stereocenters. The van der Waals surface area contributed by atoms with Gasteiger partial charge in [0.2, 0.25) is 0 Å². The van der Waals surface area contributed by atoms with E-state index < -0.39 is 0 Å². The Morgan fingerprint density at radius 2 is 0.969 bits per heavy atom. The van der Waals surface area contributed by atoms with Crippen LogP contribution in [0.5, 0.6) is 23.0 Å². The Labute approximate surface area is 373 Å². The van der Waals surface area contributed by atoms with Crippen molar-refractivity contribution in [2.45, 2.75) is 11.3 Å². The topological polar surface area (TPSA) is 21.7 Å². The van der Waals surface area contributed by atoms with Crippen LogP contribution in [0.4, 0.5) is 17.1 Å². The number of benzene rings is 9. The van der Waals surface area contributed by atoms with E-state index in [-0.39, 0.29) is 17.3 Å². The fourth-order valence-electron chi connectivity index (χ4n) is 11.2. The van der Waals surface area contributed by atoms with Crippen LogP contribution >= 0.6 is 0 Å². The highest BCUT2D eigenvalue weighted by molar-refractivity contribution is 5.93. The number of hydrogen-bond donors (Lipinski definition) is 0. The predicted octanol–water partition coefficient (Wildman–Crippen LogP) is 16.2. The molecule has 13 rings (SSSR count). The molecule has 4 aliphatic rings. The van der Waals surface area contributed by atoms with Crippen molar-refractivity contribution in [1.29, 1.82) is 0 Å². The number of anilines is 3. The van der Waals surface area contributed by atoms with Crippen molar-refractivity contribution in [3.05, 3.63) is 259 Å². The molecule has 302 valence electrons. The Hall–Kier alpha value is -8.14. The van der Waals surface area contributed by atoms with E-state index in [0.717, 1.165) is 50.8 Å². The highest BCUT2D eigenvalue weighted by atomic mass is 16.6. The molecule has 1 spiro atoms. The molecule has 0 saturated carbocycles. The quantitative estimate of drug-likeness (QED) is 0.167. The Kier molecular flexibility index (Phi) is 8.26. The van der Waals surface area contributed by atoms with Gasteiger partial charge in [0.05, 0.1) is 16.8 Å². The van der Waals surface area contributed by atoms with Crippen LogP contribution in [-0.4, -0.2) is 0 Å². The zero-order valence-electron chi connectivity index (χ0n) is 34.9. The van der Waals surface area contributed by atoms with Gasteiger partial charge in [0.1, 0.15) is 0 Å². The van der Waals surface area contributed by atoms with Gasteiger partial charge in [-0.05, 0) is 92.0 Å². The maximum absolute atomic E-state index is 7.23. The zero-order valence-corrected chi connectivity index (χ0v) is 34.9. The first-order chi connectivity index (χ1) is 31.8. The summed E-state index contributed by atoms with van der Waals surface area (Å²) in [4.78, 5) is 2.34. The van der Waals surface area contributed by atoms with Crippen molar-refractivity contribution >= 4 is 17.1 Å². The monoisotopic (exact) mass is 819 g/mol. The van der Waals surface area contributed by atoms with Crippen molar-refractivity contribution < 1.29 is 9.47 Å². The van der Waals surface area contributed by atoms with Crippen LogP contribution in [0.3, 0.4) is 0 Å². The van der Waals surface area contributed by atoms with Gasteiger partial charge in [-0.25, -0.2) is 0 Å². The molecule has 0 radical (unpaired) electrons. The van der Waals surface area contributed by atoms with Crippen LogP contribution in [0.2, 0.25) is 0 Å². The molecule has 1 heterocycles. The molecule has 1 aliphatic heterocycles. The van der Waals surface area contributed by atoms with Crippen molar-refractivity contribution in [2.24, 2.45) is 5.92 Å². The summed E-state index contributed by atoms with van der Waals surface area (Å²) in [6.07, 6.45) is 9.24. The molecule has 0 saturated heterocycles. The van der Waals surface area contributed by atoms with E-state index >= 15 is 0 Å². The lowest BCUT2D eigenvalue weighted by molar-refractivity contribution is 0.360. The highest BCUT2D eigenvalue weighted by Crippen LogP contribution is 2.68. The summed E-state index contributed by atoms with van der Waals surface area (Å²) in [6.45, 7) is 0. The molecule has 9 aromatic carbocycles. The van der Waals surface area contributed by atoms with Crippen LogP contribution in [-0.2, 0) is 5.41 Å². The molecular formula is C61H41NO2. The van der Waals surface area contributed by atoms with Crippen molar-refractivity contribution in [3.8, 4) is 67.5 Å². The lowest BCUT2D eigenvalue weighted by atomic mass is 9.65. The molecule has 3 nitrogen and oxygen atoms in total. The Morgan fingerprint density at radius 3 is 1.73 bits per heavy atom. The average molecular weight is 820 g/mol. The third-order valence-corrected chi connectivity index (χ3v) is 13.8. The third-order valence-electron chi connectivity index (χ3n) is 13.8. The fraction of sp³-hybridized carbons (Fsp3) is 0.0492. The van der Waals surface area contributed by atoms with Gasteiger partial charge in [-0.1, -0.05) is 194 Å². The summed E-state index contributed by atoms with van der Waals surface area (Å²) in [6, 6.07) is 76.2. The second-order valence-corrected chi connectivity index (χ2v) is 17.1. The van der Waals surface area contributed by atoms with Crippen LogP contribution < -0.4 is 14.4 Å². The second kappa shape index (κ2) is 14.5. The van der Waals surface area contributed by atoms with Gasteiger partial charge >= 0.3 is 0 Å². The van der Waals surface area contributed by atoms with Gasteiger partial charge in [0.25, 0.3) is 0 Å². The van der Waals surface area contributed by atoms with E-state index in [9.17, 15) is 0 Å². The second-order valence-electron chi connectivity index (χ2n) is 17.1. The smallest absolute Gasteiger partial charge is 0.178 e. The first-order valence-electron chi connectivity index (χ1n) is 22.2. The standard InChI is InChI=1S/C61H41NO2/c1-3-17-40(18-4-1)45-21-7-8-22-46(45)42-31-33-43(34-32-42)62(55-30-16-12-23-47(55)41-19-5-2-6-20-41)44-35-37-56-58(39-44)64-60-57(63-56)38-36-54-59(60)50-26-11-15-29-53(50)61(54)51-27-13-9-24-48(51)49-25-10-14-28-52(49)61/h1-39,48,51H. The molecule has 3 heteroatoms. The average Bonchev–Trinajstić information content (AvgIpc) is 3.84. The number of nitrogens with zero attached hydrogens (tertiary/aromatic N) is 1. The molecule has 0 N–H and O–H groups in total. The van der Waals surface area contributed by atoms with Crippen LogP contribution in [0, 0.1) is 5.92 Å². The SMILES string of the molecule is C1=CC2c3ccccc3C3(c4ccccc4-c4c3ccc3c4Oc4cc(N(c5ccc(-c6ccccc6-c6ccccc6)cc5)c5ccccc5-c5ccccc5)ccc4O3)C2C=C1. The van der Waals surface area contributed by atoms with Gasteiger partial charge in [0, 0.05) is 34.7 Å². The van der Waals surface area contributed by atoms with Gasteiger partial charge in [-0.15, -0.1) is 0 Å². The third kappa shape index (κ3) is 5.41. The molecular weight excluding hydrogens is 779 g/mol. The Morgan fingerprint density at radius 1 is 0.391 bits per heavy atom. The first kappa shape index (κ1) is 36.5. The number of para-hydroxylation sites is 1. The summed E-state index contributed by atoms with van der Waals surface area (Å²) in [5.41, 5.74) is 17.4. The Balaban J connectivity index is 0.950. The Bertz CT molecular complexity index is 3350. The lowest BCUT2D eigenvalue weighted by Gasteiger charge is -2.36. The van der Waals surface area contributed by atoms with E-state index in [1.54, 1.807) is 0 Å². The van der Waals surface area contributed by atoms with Gasteiger partial charge in [-0.2, -0.15) is 0 Å². The fourth-order valence-corrected chi connectivity index (χ4v) is 11.2. The minimum Gasteiger partial charge on any atom is -0.449 e. The number of rotatable bonds is 6. The molecule has 0 aromatic heterocycles. The summed E-state index contributed by atoms with van der Waals surface area (Å²) in [5.74, 6) is 3.38. The van der Waals surface area contributed by atoms with Crippen molar-refractivity contribution in [1.82, 2.24) is 0 Å². The van der Waals surface area contributed by atoms with E-state index in [4.69, 9.17) is 9.47 Å². The van der Waals surface area contributed by atoms with Crippen LogP contribution in [0.1, 0.15) is 28.2 Å². The summed E-state index contributed by atoms with van der Waals surface area (Å²) in [5, 5.41) is 0. The van der Waals surface area contributed by atoms with Crippen molar-refractivity contribution in [3.63, 3.8) is 0 Å². The maximum atomic E-state index is 7.23. The molecule has 64 heavy (non-hydrogen) atoms. The molecule has 0 amide bonds. The zero-order chi connectivity index (χ0) is 42.2. The molecule has 0 bridgehead atoms. The summed E-state index contributed by atoms with van der Waals surface area (Å²) in [7, 11) is 0. The van der Waals surface area contributed by atoms with E-state index in [1.807, 2.05) is 0 Å². The van der Waals surface area contributed by atoms with E-state index in [2.05, 4.69) is 242 Å². The number of allylic oxidation sites excluding steroid dienone is 4. The van der Waals surface area contributed by atoms with Crippen molar-refractivity contribution in [2.75, 3.05) is 4.90 Å². The molecule has 9 aromatic rings. The largest absolute Gasteiger partial charge is 0.449 e. The molecule has 3 aliphatic carbocycles. The van der Waals surface area contributed by atoms with Gasteiger partial charge in [0.15, 0.2) is 23.0 Å². The summed E-state index contributed by atoms with van der Waals surface area (Å²) >= 11 is 0. The normalized spacial score (nSPS) is 17.9. The van der Waals surface area contributed by atoms with Gasteiger partial charge in [-0.3, -0.25) is 0 Å². The highest BCUT2D eigenvalue weighted by Gasteiger charge is 2.58. The molecule has 0 fully saturated rings. The first-order valence-corrected chi connectivity index (χ1v) is 22.2. The van der Waals surface area contributed by atoms with E-state index in [0.29, 0.717) is 11.5 Å².